The van der Waals surface area contributed by atoms with E-state index in [0.29, 0.717) is 5.92 Å². The van der Waals surface area contributed by atoms with E-state index in [-0.39, 0.29) is 6.04 Å². The van der Waals surface area contributed by atoms with Crippen LogP contribution in [-0.4, -0.2) is 4.98 Å². The van der Waals surface area contributed by atoms with Gasteiger partial charge in [0.1, 0.15) is 0 Å². The molecule has 2 unspecified atom stereocenters. The van der Waals surface area contributed by atoms with Crippen LogP contribution in [0.4, 0.5) is 0 Å². The summed E-state index contributed by atoms with van der Waals surface area (Å²) < 4.78 is 0. The van der Waals surface area contributed by atoms with E-state index < -0.39 is 0 Å². The summed E-state index contributed by atoms with van der Waals surface area (Å²) in [4.78, 5) is 4.27. The van der Waals surface area contributed by atoms with Gasteiger partial charge in [0, 0.05) is 5.38 Å². The number of hydrogen-bond acceptors (Lipinski definition) is 4. The molecule has 0 spiro atoms. The van der Waals surface area contributed by atoms with Gasteiger partial charge in [0.25, 0.3) is 0 Å². The fraction of sp³-hybridized carbons (Fsp3) is 0.667. The third-order valence-corrected chi connectivity index (χ3v) is 2.87. The molecule has 0 radical (unpaired) electrons. The molecule has 0 aliphatic rings. The van der Waals surface area contributed by atoms with Crippen molar-refractivity contribution in [1.29, 1.82) is 0 Å². The maximum atomic E-state index is 5.51. The first-order valence-electron chi connectivity index (χ1n) is 4.63. The number of thiazole rings is 1. The first-order chi connectivity index (χ1) is 6.29. The van der Waals surface area contributed by atoms with Crippen molar-refractivity contribution in [3.8, 4) is 0 Å². The molecule has 1 heterocycles. The van der Waals surface area contributed by atoms with Crippen molar-refractivity contribution < 1.29 is 0 Å². The highest BCUT2D eigenvalue weighted by Gasteiger charge is 2.18. The highest BCUT2D eigenvalue weighted by atomic mass is 32.1. The summed E-state index contributed by atoms with van der Waals surface area (Å²) in [5.74, 6) is 6.05. The molecule has 1 aromatic heterocycles. The van der Waals surface area contributed by atoms with E-state index in [9.17, 15) is 0 Å². The largest absolute Gasteiger partial charge is 0.271 e. The summed E-state index contributed by atoms with van der Waals surface area (Å²) in [5.41, 5.74) is 5.74. The Balaban J connectivity index is 2.62. The molecule has 0 saturated carbocycles. The lowest BCUT2D eigenvalue weighted by atomic mass is 9.95. The monoisotopic (exact) mass is 199 g/mol. The fourth-order valence-electron chi connectivity index (χ4n) is 1.54. The van der Waals surface area contributed by atoms with Crippen LogP contribution in [0.15, 0.2) is 10.9 Å². The Hall–Kier alpha value is -0.450. The second-order valence-corrected chi connectivity index (χ2v) is 4.04. The molecule has 0 saturated heterocycles. The van der Waals surface area contributed by atoms with Gasteiger partial charge < -0.3 is 0 Å². The third kappa shape index (κ3) is 2.76. The van der Waals surface area contributed by atoms with Crippen molar-refractivity contribution in [3.05, 3.63) is 16.6 Å². The lowest BCUT2D eigenvalue weighted by Crippen LogP contribution is -2.32. The molecule has 3 nitrogen and oxygen atoms in total. The van der Waals surface area contributed by atoms with Gasteiger partial charge in [0.2, 0.25) is 0 Å². The molecule has 0 aromatic carbocycles. The molecule has 2 atom stereocenters. The molecule has 0 bridgehead atoms. The van der Waals surface area contributed by atoms with E-state index in [1.54, 1.807) is 11.3 Å². The van der Waals surface area contributed by atoms with Crippen LogP contribution in [0.2, 0.25) is 0 Å². The van der Waals surface area contributed by atoms with Gasteiger partial charge in [-0.2, -0.15) is 0 Å². The van der Waals surface area contributed by atoms with Gasteiger partial charge in [-0.3, -0.25) is 11.3 Å². The first kappa shape index (κ1) is 10.6. The van der Waals surface area contributed by atoms with Crippen LogP contribution in [0.5, 0.6) is 0 Å². The third-order valence-electron chi connectivity index (χ3n) is 2.26. The Morgan fingerprint density at radius 1 is 1.69 bits per heavy atom. The van der Waals surface area contributed by atoms with Crippen LogP contribution in [0.25, 0.3) is 0 Å². The highest BCUT2D eigenvalue weighted by Crippen LogP contribution is 2.24. The molecule has 1 aromatic rings. The summed E-state index contributed by atoms with van der Waals surface area (Å²) >= 11 is 1.61. The first-order valence-corrected chi connectivity index (χ1v) is 5.58. The van der Waals surface area contributed by atoms with E-state index in [0.717, 1.165) is 5.69 Å². The van der Waals surface area contributed by atoms with Gasteiger partial charge in [-0.25, -0.2) is 4.98 Å². The molecule has 3 N–H and O–H groups in total. The van der Waals surface area contributed by atoms with Crippen LogP contribution in [-0.2, 0) is 0 Å². The molecule has 74 valence electrons. The lowest BCUT2D eigenvalue weighted by molar-refractivity contribution is 0.362. The average Bonchev–Trinajstić information content (AvgIpc) is 2.59. The van der Waals surface area contributed by atoms with E-state index >= 15 is 0 Å². The number of nitrogens with zero attached hydrogens (tertiary/aromatic N) is 1. The zero-order valence-electron chi connectivity index (χ0n) is 8.16. The quantitative estimate of drug-likeness (QED) is 0.564. The molecule has 4 heteroatoms. The molecular weight excluding hydrogens is 182 g/mol. The molecular formula is C9H17N3S. The fourth-order valence-corrected chi connectivity index (χ4v) is 2.13. The van der Waals surface area contributed by atoms with Gasteiger partial charge in [-0.05, 0) is 12.3 Å². The van der Waals surface area contributed by atoms with Gasteiger partial charge in [0.15, 0.2) is 0 Å². The number of aromatic nitrogens is 1. The Bertz CT molecular complexity index is 223. The Morgan fingerprint density at radius 2 is 2.46 bits per heavy atom. The summed E-state index contributed by atoms with van der Waals surface area (Å²) in [5, 5.41) is 2.05. The highest BCUT2D eigenvalue weighted by molar-refractivity contribution is 7.07. The van der Waals surface area contributed by atoms with Gasteiger partial charge in [0.05, 0.1) is 17.2 Å². The van der Waals surface area contributed by atoms with Crippen LogP contribution in [0, 0.1) is 5.92 Å². The minimum absolute atomic E-state index is 0.200. The molecule has 0 fully saturated rings. The van der Waals surface area contributed by atoms with E-state index in [4.69, 9.17) is 5.84 Å². The predicted octanol–water partition coefficient (Wildman–Crippen LogP) is 2.08. The van der Waals surface area contributed by atoms with Crippen LogP contribution < -0.4 is 11.3 Å². The Morgan fingerprint density at radius 3 is 2.92 bits per heavy atom. The Labute approximate surface area is 83.3 Å². The number of rotatable bonds is 5. The maximum absolute atomic E-state index is 5.51. The second kappa shape index (κ2) is 5.32. The van der Waals surface area contributed by atoms with E-state index in [1.807, 2.05) is 5.51 Å². The maximum Gasteiger partial charge on any atom is 0.0795 e. The van der Waals surface area contributed by atoms with E-state index in [2.05, 4.69) is 29.6 Å². The Kier molecular flexibility index (Phi) is 4.35. The van der Waals surface area contributed by atoms with Crippen molar-refractivity contribution in [2.75, 3.05) is 0 Å². The summed E-state index contributed by atoms with van der Waals surface area (Å²) in [6.45, 7) is 4.39. The lowest BCUT2D eigenvalue weighted by Gasteiger charge is -2.20. The smallest absolute Gasteiger partial charge is 0.0795 e. The molecule has 0 amide bonds. The van der Waals surface area contributed by atoms with Gasteiger partial charge in [-0.15, -0.1) is 11.3 Å². The standard InChI is InChI=1S/C9H17N3S/c1-3-4-7(2)9(12-10)8-5-13-6-11-8/h5-7,9,12H,3-4,10H2,1-2H3. The van der Waals surface area contributed by atoms with Crippen molar-refractivity contribution >= 4 is 11.3 Å². The predicted molar refractivity (Wildman–Crippen MR) is 56.3 cm³/mol. The minimum Gasteiger partial charge on any atom is -0.271 e. The van der Waals surface area contributed by atoms with Crippen LogP contribution in [0.1, 0.15) is 38.4 Å². The summed E-state index contributed by atoms with van der Waals surface area (Å²) in [6.07, 6.45) is 2.36. The van der Waals surface area contributed by atoms with Crippen LogP contribution in [0.3, 0.4) is 0 Å². The van der Waals surface area contributed by atoms with E-state index in [1.165, 1.54) is 12.8 Å². The second-order valence-electron chi connectivity index (χ2n) is 3.32. The molecule has 0 aliphatic carbocycles. The number of hydrogen-bond donors (Lipinski definition) is 2. The van der Waals surface area contributed by atoms with Crippen molar-refractivity contribution in [1.82, 2.24) is 10.4 Å². The van der Waals surface area contributed by atoms with Gasteiger partial charge >= 0.3 is 0 Å². The number of nitrogens with two attached hydrogens (primary N) is 1. The van der Waals surface area contributed by atoms with Crippen molar-refractivity contribution in [2.24, 2.45) is 11.8 Å². The minimum atomic E-state index is 0.200. The van der Waals surface area contributed by atoms with Crippen molar-refractivity contribution in [3.63, 3.8) is 0 Å². The topological polar surface area (TPSA) is 50.9 Å². The normalized spacial score (nSPS) is 15.6. The SMILES string of the molecule is CCCC(C)C(NN)c1cscn1. The zero-order valence-corrected chi connectivity index (χ0v) is 8.97. The number of hydrazine groups is 1. The molecule has 1 rings (SSSR count). The number of nitrogens with one attached hydrogen (secondary N) is 1. The summed E-state index contributed by atoms with van der Waals surface area (Å²) in [6, 6.07) is 0.200. The zero-order chi connectivity index (χ0) is 9.68. The molecule has 0 aliphatic heterocycles. The van der Waals surface area contributed by atoms with Crippen LogP contribution >= 0.6 is 11.3 Å². The summed E-state index contributed by atoms with van der Waals surface area (Å²) in [7, 11) is 0. The van der Waals surface area contributed by atoms with Crippen molar-refractivity contribution in [2.45, 2.75) is 32.7 Å². The van der Waals surface area contributed by atoms with Gasteiger partial charge in [-0.1, -0.05) is 20.3 Å². The average molecular weight is 199 g/mol. The molecule has 13 heavy (non-hydrogen) atoms.